The minimum atomic E-state index is -1.03. The van der Waals surface area contributed by atoms with Gasteiger partial charge in [0.05, 0.1) is 6.67 Å². The molecule has 7 heteroatoms. The summed E-state index contributed by atoms with van der Waals surface area (Å²) in [7, 11) is 0. The average molecular weight is 327 g/mol. The molecule has 1 saturated heterocycles. The Morgan fingerprint density at radius 2 is 2.00 bits per heavy atom. The predicted molar refractivity (Wildman–Crippen MR) is 92.8 cm³/mol. The lowest BCUT2D eigenvalue weighted by atomic mass is 9.41. The van der Waals surface area contributed by atoms with Gasteiger partial charge in [0.15, 0.2) is 0 Å². The molecule has 1 aliphatic rings. The number of nitriles is 1. The lowest BCUT2D eigenvalue weighted by Gasteiger charge is -2.47. The minimum Gasteiger partial charge on any atom is -0.480 e. The van der Waals surface area contributed by atoms with Crippen molar-refractivity contribution in [1.29, 1.82) is 5.26 Å². The molecule has 1 heterocycles. The Labute approximate surface area is 142 Å². The van der Waals surface area contributed by atoms with Crippen molar-refractivity contribution in [1.82, 2.24) is 4.90 Å². The van der Waals surface area contributed by atoms with Gasteiger partial charge in [0.25, 0.3) is 6.71 Å². The molecule has 0 radical (unpaired) electrons. The van der Waals surface area contributed by atoms with Crippen LogP contribution in [0.4, 0.5) is 5.69 Å². The van der Waals surface area contributed by atoms with Crippen LogP contribution < -0.4 is 4.90 Å². The first-order chi connectivity index (χ1) is 11.5. The van der Waals surface area contributed by atoms with E-state index in [1.807, 2.05) is 30.3 Å². The van der Waals surface area contributed by atoms with Gasteiger partial charge in [-0.1, -0.05) is 30.8 Å². The number of nitrogens with zero attached hydrogens (tertiary/aromatic N) is 3. The Bertz CT molecular complexity index is 609. The fourth-order valence-corrected chi connectivity index (χ4v) is 3.29. The predicted octanol–water partition coefficient (Wildman–Crippen LogP) is 2.10. The zero-order chi connectivity index (χ0) is 17.6. The molecule has 0 spiro atoms. The third-order valence-corrected chi connectivity index (χ3v) is 4.78. The van der Waals surface area contributed by atoms with Crippen LogP contribution in [0.1, 0.15) is 19.8 Å². The van der Waals surface area contributed by atoms with E-state index in [4.69, 9.17) is 10.4 Å². The number of carbonyl (C=O) groups excluding carboxylic acids is 1. The van der Waals surface area contributed by atoms with Gasteiger partial charge in [-0.05, 0) is 31.9 Å². The average Bonchev–Trinajstić information content (AvgIpc) is 2.59. The number of aliphatic carboxylic acids is 1. The van der Waals surface area contributed by atoms with Crippen LogP contribution in [-0.4, -0.2) is 47.9 Å². The number of carbonyl (C=O) groups is 2. The summed E-state index contributed by atoms with van der Waals surface area (Å²) in [5.74, 6) is 1.30. The zero-order valence-corrected chi connectivity index (χ0v) is 13.9. The van der Waals surface area contributed by atoms with Crippen LogP contribution in [0.2, 0.25) is 12.6 Å². The summed E-state index contributed by atoms with van der Waals surface area (Å²) in [6, 6.07) is 9.70. The van der Waals surface area contributed by atoms with Crippen LogP contribution in [-0.2, 0) is 9.59 Å². The molecule has 0 saturated carbocycles. The first-order valence-corrected chi connectivity index (χ1v) is 8.12. The second kappa shape index (κ2) is 7.87. The molecule has 1 aromatic rings. The molecule has 1 amide bonds. The third-order valence-electron chi connectivity index (χ3n) is 4.78. The highest BCUT2D eigenvalue weighted by molar-refractivity contribution is 6.67. The normalized spacial score (nSPS) is 16.1. The number of benzene rings is 1. The molecule has 0 unspecified atom stereocenters. The Morgan fingerprint density at radius 1 is 1.38 bits per heavy atom. The van der Waals surface area contributed by atoms with Crippen LogP contribution in [0.5, 0.6) is 0 Å². The van der Waals surface area contributed by atoms with Crippen LogP contribution in [0.15, 0.2) is 30.3 Å². The maximum absolute atomic E-state index is 11.3. The molecule has 1 aliphatic heterocycles. The van der Waals surface area contributed by atoms with Crippen molar-refractivity contribution < 1.29 is 14.7 Å². The first kappa shape index (κ1) is 17.9. The van der Waals surface area contributed by atoms with Gasteiger partial charge in [-0.15, -0.1) is 0 Å². The Balaban J connectivity index is 2.25. The number of hydrogen-bond acceptors (Lipinski definition) is 4. The monoisotopic (exact) mass is 327 g/mol. The summed E-state index contributed by atoms with van der Waals surface area (Å²) in [6.45, 7) is 2.09. The lowest BCUT2D eigenvalue weighted by Crippen LogP contribution is -2.54. The Morgan fingerprint density at radius 3 is 2.50 bits per heavy atom. The van der Waals surface area contributed by atoms with Gasteiger partial charge in [0, 0.05) is 17.2 Å². The summed E-state index contributed by atoms with van der Waals surface area (Å²) in [5.41, 5.74) is 0.738. The lowest BCUT2D eigenvalue weighted by molar-refractivity contribution is -0.140. The van der Waals surface area contributed by atoms with Gasteiger partial charge >= 0.3 is 5.97 Å². The van der Waals surface area contributed by atoms with Gasteiger partial charge in [-0.2, -0.15) is 0 Å². The van der Waals surface area contributed by atoms with Crippen LogP contribution in [0, 0.1) is 11.2 Å². The maximum atomic E-state index is 11.3. The van der Waals surface area contributed by atoms with E-state index in [1.54, 1.807) is 0 Å². The molecule has 1 fully saturated rings. The summed E-state index contributed by atoms with van der Waals surface area (Å²) >= 11 is 0. The van der Waals surface area contributed by atoms with E-state index < -0.39 is 5.97 Å². The zero-order valence-electron chi connectivity index (χ0n) is 13.9. The topological polar surface area (TPSA) is 84.6 Å². The van der Waals surface area contributed by atoms with Crippen LogP contribution >= 0.6 is 0 Å². The van der Waals surface area contributed by atoms with Crippen molar-refractivity contribution in [3.8, 4) is 5.97 Å². The maximum Gasteiger partial charge on any atom is 0.323 e. The SMILES string of the molecule is CC1(N(CN(C=O)CC(=O)O)c2ccccc2)CCB(C#N)CC1. The fourth-order valence-electron chi connectivity index (χ4n) is 3.29. The van der Waals surface area contributed by atoms with Crippen molar-refractivity contribution in [2.75, 3.05) is 18.1 Å². The quantitative estimate of drug-likeness (QED) is 0.471. The van der Waals surface area contributed by atoms with Gasteiger partial charge in [-0.25, -0.2) is 5.26 Å². The summed E-state index contributed by atoms with van der Waals surface area (Å²) in [4.78, 5) is 25.6. The second-order valence-corrected chi connectivity index (χ2v) is 6.55. The van der Waals surface area contributed by atoms with Crippen LogP contribution in [0.3, 0.4) is 0 Å². The van der Waals surface area contributed by atoms with E-state index in [0.29, 0.717) is 6.41 Å². The summed E-state index contributed by atoms with van der Waals surface area (Å²) in [6.07, 6.45) is 3.88. The van der Waals surface area contributed by atoms with E-state index in [9.17, 15) is 9.59 Å². The highest BCUT2D eigenvalue weighted by atomic mass is 16.4. The van der Waals surface area contributed by atoms with Gasteiger partial charge < -0.3 is 14.9 Å². The number of hydrogen-bond donors (Lipinski definition) is 1. The molecule has 0 aromatic heterocycles. The number of carboxylic acid groups (broad SMARTS) is 1. The third kappa shape index (κ3) is 4.28. The summed E-state index contributed by atoms with van der Waals surface area (Å²) < 4.78 is 0. The molecule has 24 heavy (non-hydrogen) atoms. The largest absolute Gasteiger partial charge is 0.480 e. The van der Waals surface area contributed by atoms with Crippen molar-refractivity contribution in [3.05, 3.63) is 30.3 Å². The number of anilines is 1. The number of rotatable bonds is 7. The van der Waals surface area contributed by atoms with Crippen molar-refractivity contribution in [3.63, 3.8) is 0 Å². The molecule has 1 N–H and O–H groups in total. The van der Waals surface area contributed by atoms with E-state index in [0.717, 1.165) is 31.2 Å². The molecule has 1 aromatic carbocycles. The highest BCUT2D eigenvalue weighted by Gasteiger charge is 2.38. The fraction of sp³-hybridized carbons (Fsp3) is 0.471. The van der Waals surface area contributed by atoms with Gasteiger partial charge in [0.2, 0.25) is 6.41 Å². The molecule has 6 nitrogen and oxygen atoms in total. The van der Waals surface area contributed by atoms with Crippen molar-refractivity contribution >= 4 is 24.8 Å². The molecular weight excluding hydrogens is 305 g/mol. The molecule has 0 aliphatic carbocycles. The van der Waals surface area contributed by atoms with E-state index in [1.165, 1.54) is 4.90 Å². The highest BCUT2D eigenvalue weighted by Crippen LogP contribution is 2.37. The summed E-state index contributed by atoms with van der Waals surface area (Å²) in [5, 5.41) is 18.1. The van der Waals surface area contributed by atoms with E-state index in [-0.39, 0.29) is 25.5 Å². The Hall–Kier alpha value is -2.49. The van der Waals surface area contributed by atoms with Crippen LogP contribution in [0.25, 0.3) is 0 Å². The molecule has 126 valence electrons. The molecule has 2 rings (SSSR count). The van der Waals surface area contributed by atoms with E-state index in [2.05, 4.69) is 17.8 Å². The number of carboxylic acids is 1. The van der Waals surface area contributed by atoms with E-state index >= 15 is 0 Å². The number of para-hydroxylation sites is 1. The minimum absolute atomic E-state index is 0.0805. The second-order valence-electron chi connectivity index (χ2n) is 6.55. The molecular formula is C17H22BN3O3. The first-order valence-electron chi connectivity index (χ1n) is 8.12. The Kier molecular flexibility index (Phi) is 5.85. The smallest absolute Gasteiger partial charge is 0.323 e. The molecule has 0 bridgehead atoms. The number of amides is 1. The molecule has 0 atom stereocenters. The van der Waals surface area contributed by atoms with Crippen molar-refractivity contribution in [2.24, 2.45) is 0 Å². The van der Waals surface area contributed by atoms with Gasteiger partial charge in [0.1, 0.15) is 6.54 Å². The standard InChI is InChI=1S/C17H22BN3O3/c1-17(7-9-18(12-19)10-8-17)21(15-5-3-2-4-6-15)13-20(14-22)11-16(23)24/h2-6,14H,7-11,13H2,1H3,(H,23,24). The van der Waals surface area contributed by atoms with Crippen molar-refractivity contribution in [2.45, 2.75) is 37.9 Å². The van der Waals surface area contributed by atoms with Gasteiger partial charge in [-0.3, -0.25) is 9.59 Å².